The van der Waals surface area contributed by atoms with Crippen LogP contribution < -0.4 is 0 Å². The molecule has 74 valence electrons. The summed E-state index contributed by atoms with van der Waals surface area (Å²) in [6.45, 7) is 14.2. The van der Waals surface area contributed by atoms with E-state index in [9.17, 15) is 0 Å². The standard InChI is InChI=1S/C12H22Si/c1-12(2,3)10-7-8-11(9-10)13(4,5)6/h8-9H,7H2,1-6H3. The lowest BCUT2D eigenvalue weighted by Gasteiger charge is -2.21. The Balaban J connectivity index is 2.84. The minimum absolute atomic E-state index is 0.359. The Morgan fingerprint density at radius 2 is 1.69 bits per heavy atom. The molecule has 0 aromatic rings. The highest BCUT2D eigenvalue weighted by atomic mass is 28.3. The van der Waals surface area contributed by atoms with Crippen LogP contribution in [0.5, 0.6) is 0 Å². The van der Waals surface area contributed by atoms with Gasteiger partial charge in [-0.25, -0.2) is 0 Å². The van der Waals surface area contributed by atoms with E-state index in [1.54, 1.807) is 10.8 Å². The van der Waals surface area contributed by atoms with Gasteiger partial charge in [-0.3, -0.25) is 0 Å². The predicted molar refractivity (Wildman–Crippen MR) is 63.6 cm³/mol. The van der Waals surface area contributed by atoms with Gasteiger partial charge in [0.15, 0.2) is 0 Å². The first-order valence-corrected chi connectivity index (χ1v) is 8.63. The second-order valence-corrected chi connectivity index (χ2v) is 11.1. The Hall–Kier alpha value is -0.303. The van der Waals surface area contributed by atoms with Gasteiger partial charge in [-0.1, -0.05) is 63.3 Å². The minimum atomic E-state index is -1.06. The van der Waals surface area contributed by atoms with E-state index in [4.69, 9.17) is 0 Å². The van der Waals surface area contributed by atoms with Crippen molar-refractivity contribution in [2.75, 3.05) is 0 Å². The topological polar surface area (TPSA) is 0 Å². The number of allylic oxidation sites excluding steroid dienone is 4. The molecule has 0 spiro atoms. The fraction of sp³-hybridized carbons (Fsp3) is 0.667. The van der Waals surface area contributed by atoms with Gasteiger partial charge in [-0.15, -0.1) is 0 Å². The number of rotatable bonds is 1. The van der Waals surface area contributed by atoms with Crippen molar-refractivity contribution in [1.82, 2.24) is 0 Å². The summed E-state index contributed by atoms with van der Waals surface area (Å²) < 4.78 is 0. The van der Waals surface area contributed by atoms with Gasteiger partial charge in [-0.05, 0) is 11.8 Å². The van der Waals surface area contributed by atoms with Crippen LogP contribution in [-0.2, 0) is 0 Å². The minimum Gasteiger partial charge on any atom is -0.0812 e. The van der Waals surface area contributed by atoms with E-state index in [1.807, 2.05) is 0 Å². The van der Waals surface area contributed by atoms with Crippen molar-refractivity contribution in [1.29, 1.82) is 0 Å². The molecule has 0 aromatic carbocycles. The summed E-state index contributed by atoms with van der Waals surface area (Å²) in [6, 6.07) is 0. The van der Waals surface area contributed by atoms with E-state index < -0.39 is 8.07 Å². The average molecular weight is 194 g/mol. The quantitative estimate of drug-likeness (QED) is 0.550. The lowest BCUT2D eigenvalue weighted by molar-refractivity contribution is 0.496. The normalized spacial score (nSPS) is 18.6. The average Bonchev–Trinajstić information content (AvgIpc) is 2.28. The lowest BCUT2D eigenvalue weighted by atomic mass is 9.86. The molecule has 13 heavy (non-hydrogen) atoms. The van der Waals surface area contributed by atoms with Crippen molar-refractivity contribution in [2.24, 2.45) is 5.41 Å². The zero-order valence-electron chi connectivity index (χ0n) is 9.86. The third-order valence-electron chi connectivity index (χ3n) is 2.70. The molecule has 0 atom stereocenters. The molecule has 0 fully saturated rings. The molecular weight excluding hydrogens is 172 g/mol. The highest BCUT2D eigenvalue weighted by Gasteiger charge is 2.25. The fourth-order valence-electron chi connectivity index (χ4n) is 1.57. The summed E-state index contributed by atoms with van der Waals surface area (Å²) in [4.78, 5) is 0. The van der Waals surface area contributed by atoms with Crippen molar-refractivity contribution in [3.05, 3.63) is 22.9 Å². The van der Waals surface area contributed by atoms with Gasteiger partial charge in [0.25, 0.3) is 0 Å². The monoisotopic (exact) mass is 194 g/mol. The van der Waals surface area contributed by atoms with Crippen molar-refractivity contribution >= 4 is 8.07 Å². The fourth-order valence-corrected chi connectivity index (χ4v) is 2.89. The Labute approximate surface area is 83.7 Å². The molecule has 0 aromatic heterocycles. The summed E-state index contributed by atoms with van der Waals surface area (Å²) in [5.74, 6) is 0. The Bertz CT molecular complexity index is 256. The molecule has 0 saturated carbocycles. The van der Waals surface area contributed by atoms with E-state index in [0.29, 0.717) is 5.41 Å². The molecule has 0 heterocycles. The van der Waals surface area contributed by atoms with Crippen molar-refractivity contribution < 1.29 is 0 Å². The summed E-state index contributed by atoms with van der Waals surface area (Å²) in [5, 5.41) is 1.64. The van der Waals surface area contributed by atoms with Crippen LogP contribution in [0.4, 0.5) is 0 Å². The Morgan fingerprint density at radius 1 is 1.15 bits per heavy atom. The second-order valence-electron chi connectivity index (χ2n) is 6.03. The van der Waals surface area contributed by atoms with E-state index >= 15 is 0 Å². The highest BCUT2D eigenvalue weighted by Crippen LogP contribution is 2.35. The van der Waals surface area contributed by atoms with Crippen LogP contribution in [0, 0.1) is 5.41 Å². The summed E-state index contributed by atoms with van der Waals surface area (Å²) in [5.41, 5.74) is 1.96. The highest BCUT2D eigenvalue weighted by molar-refractivity contribution is 6.83. The van der Waals surface area contributed by atoms with Crippen molar-refractivity contribution in [2.45, 2.75) is 46.8 Å². The molecule has 1 aliphatic rings. The van der Waals surface area contributed by atoms with Gasteiger partial charge in [0.05, 0.1) is 8.07 Å². The lowest BCUT2D eigenvalue weighted by Crippen LogP contribution is -2.22. The van der Waals surface area contributed by atoms with Crippen LogP contribution in [0.2, 0.25) is 19.6 Å². The van der Waals surface area contributed by atoms with Gasteiger partial charge in [0, 0.05) is 0 Å². The molecule has 1 heteroatoms. The van der Waals surface area contributed by atoms with Crippen LogP contribution in [-0.4, -0.2) is 8.07 Å². The van der Waals surface area contributed by atoms with E-state index in [-0.39, 0.29) is 0 Å². The van der Waals surface area contributed by atoms with Crippen LogP contribution in [0.1, 0.15) is 27.2 Å². The van der Waals surface area contributed by atoms with Gasteiger partial charge in [0.1, 0.15) is 0 Å². The number of hydrogen-bond donors (Lipinski definition) is 0. The van der Waals surface area contributed by atoms with Crippen molar-refractivity contribution in [3.63, 3.8) is 0 Å². The molecule has 0 nitrogen and oxygen atoms in total. The third kappa shape index (κ3) is 2.57. The molecule has 0 N–H and O–H groups in total. The largest absolute Gasteiger partial charge is 0.0812 e. The van der Waals surface area contributed by atoms with Crippen molar-refractivity contribution in [3.8, 4) is 0 Å². The summed E-state index contributed by atoms with van der Waals surface area (Å²) in [6.07, 6.45) is 6.07. The van der Waals surface area contributed by atoms with E-state index in [1.165, 1.54) is 6.42 Å². The first kappa shape index (κ1) is 10.8. The maximum atomic E-state index is 2.45. The van der Waals surface area contributed by atoms with Crippen LogP contribution in [0.15, 0.2) is 22.9 Å². The van der Waals surface area contributed by atoms with E-state index in [0.717, 1.165) is 0 Å². The van der Waals surface area contributed by atoms with E-state index in [2.05, 4.69) is 52.6 Å². The molecule has 1 rings (SSSR count). The van der Waals surface area contributed by atoms with Crippen LogP contribution >= 0.6 is 0 Å². The summed E-state index contributed by atoms with van der Waals surface area (Å²) in [7, 11) is -1.06. The maximum Gasteiger partial charge on any atom is 0.0771 e. The molecule has 0 unspecified atom stereocenters. The third-order valence-corrected chi connectivity index (χ3v) is 4.78. The molecule has 0 amide bonds. The molecule has 1 aliphatic carbocycles. The molecular formula is C12H22Si. The summed E-state index contributed by atoms with van der Waals surface area (Å²) >= 11 is 0. The number of hydrogen-bond acceptors (Lipinski definition) is 0. The smallest absolute Gasteiger partial charge is 0.0771 e. The Kier molecular flexibility index (Phi) is 2.59. The molecule has 0 aliphatic heterocycles. The van der Waals surface area contributed by atoms with Crippen LogP contribution in [0.3, 0.4) is 0 Å². The SMILES string of the molecule is CC(C)(C)C1=CC([Si](C)(C)C)=CC1. The first-order chi connectivity index (χ1) is 5.71. The zero-order chi connectivity index (χ0) is 10.3. The molecule has 0 saturated heterocycles. The van der Waals surface area contributed by atoms with Gasteiger partial charge in [-0.2, -0.15) is 0 Å². The zero-order valence-corrected chi connectivity index (χ0v) is 10.9. The maximum absolute atomic E-state index is 2.45. The first-order valence-electron chi connectivity index (χ1n) is 5.13. The molecule has 0 bridgehead atoms. The van der Waals surface area contributed by atoms with Gasteiger partial charge >= 0.3 is 0 Å². The van der Waals surface area contributed by atoms with Gasteiger partial charge < -0.3 is 0 Å². The Morgan fingerprint density at radius 3 is 1.92 bits per heavy atom. The van der Waals surface area contributed by atoms with Crippen LogP contribution in [0.25, 0.3) is 0 Å². The molecule has 0 radical (unpaired) electrons. The second kappa shape index (κ2) is 3.12. The predicted octanol–water partition coefficient (Wildman–Crippen LogP) is 4.17. The van der Waals surface area contributed by atoms with Gasteiger partial charge in [0.2, 0.25) is 0 Å².